The molecule has 1 aliphatic rings. The van der Waals surface area contributed by atoms with E-state index in [4.69, 9.17) is 0 Å². The molecule has 0 aliphatic carbocycles. The van der Waals surface area contributed by atoms with Crippen LogP contribution >= 0.6 is 0 Å². The summed E-state index contributed by atoms with van der Waals surface area (Å²) in [5.41, 5.74) is 1.40. The Morgan fingerprint density at radius 1 is 0.957 bits per heavy atom. The van der Waals surface area contributed by atoms with Gasteiger partial charge >= 0.3 is 5.69 Å². The minimum absolute atomic E-state index is 0.201. The summed E-state index contributed by atoms with van der Waals surface area (Å²) in [4.78, 5) is 19.5. The molecule has 1 N–H and O–H groups in total. The van der Waals surface area contributed by atoms with Gasteiger partial charge in [-0.1, -0.05) is 12.1 Å². The van der Waals surface area contributed by atoms with Gasteiger partial charge in [-0.3, -0.25) is 0 Å². The number of hydrogen-bond donors (Lipinski definition) is 1. The number of rotatable bonds is 2. The van der Waals surface area contributed by atoms with Gasteiger partial charge in [0.05, 0.1) is 11.0 Å². The molecule has 7 nitrogen and oxygen atoms in total. The Labute approximate surface area is 133 Å². The summed E-state index contributed by atoms with van der Waals surface area (Å²) in [6.07, 6.45) is 0. The lowest BCUT2D eigenvalue weighted by Gasteiger charge is -2.32. The highest BCUT2D eigenvalue weighted by atomic mass is 16.1. The molecule has 0 amide bonds. The number of fused-ring (bicyclic) bond motifs is 1. The molecule has 2 aromatic heterocycles. The van der Waals surface area contributed by atoms with E-state index in [1.165, 1.54) is 0 Å². The topological polar surface area (TPSA) is 70.0 Å². The second-order valence-corrected chi connectivity index (χ2v) is 5.82. The van der Waals surface area contributed by atoms with Crippen LogP contribution in [-0.2, 0) is 0 Å². The molecule has 0 bridgehead atoms. The number of nitrogens with zero attached hydrogens (tertiary/aromatic N) is 5. The van der Waals surface area contributed by atoms with E-state index in [9.17, 15) is 4.79 Å². The summed E-state index contributed by atoms with van der Waals surface area (Å²) < 4.78 is 1.55. The van der Waals surface area contributed by atoms with Crippen LogP contribution in [0.3, 0.4) is 0 Å². The van der Waals surface area contributed by atoms with Crippen LogP contribution in [0.25, 0.3) is 16.9 Å². The van der Waals surface area contributed by atoms with E-state index < -0.39 is 0 Å². The van der Waals surface area contributed by atoms with Gasteiger partial charge in [-0.15, -0.1) is 10.2 Å². The number of anilines is 1. The number of aromatic nitrogens is 4. The van der Waals surface area contributed by atoms with E-state index in [0.717, 1.165) is 43.0 Å². The quantitative estimate of drug-likeness (QED) is 0.760. The van der Waals surface area contributed by atoms with Gasteiger partial charge in [-0.05, 0) is 31.3 Å². The van der Waals surface area contributed by atoms with E-state index in [1.807, 2.05) is 36.4 Å². The van der Waals surface area contributed by atoms with E-state index >= 15 is 0 Å². The normalized spacial score (nSPS) is 16.1. The zero-order chi connectivity index (χ0) is 15.8. The number of nitrogens with one attached hydrogen (secondary N) is 1. The molecule has 4 rings (SSSR count). The first-order valence-electron chi connectivity index (χ1n) is 7.70. The van der Waals surface area contributed by atoms with Gasteiger partial charge in [0.25, 0.3) is 0 Å². The number of benzene rings is 1. The number of hydrogen-bond acceptors (Lipinski definition) is 5. The lowest BCUT2D eigenvalue weighted by Crippen LogP contribution is -2.44. The molecule has 23 heavy (non-hydrogen) atoms. The minimum Gasteiger partial charge on any atom is -0.353 e. The van der Waals surface area contributed by atoms with Gasteiger partial charge < -0.3 is 14.8 Å². The van der Waals surface area contributed by atoms with Crippen molar-refractivity contribution in [2.24, 2.45) is 0 Å². The maximum atomic E-state index is 12.2. The van der Waals surface area contributed by atoms with Gasteiger partial charge in [0.15, 0.2) is 11.6 Å². The van der Waals surface area contributed by atoms with Crippen LogP contribution in [-0.4, -0.2) is 57.9 Å². The smallest absolute Gasteiger partial charge is 0.332 e. The molecule has 0 radical (unpaired) electrons. The zero-order valence-electron chi connectivity index (χ0n) is 12.9. The molecule has 0 atom stereocenters. The third-order valence-electron chi connectivity index (χ3n) is 4.28. The van der Waals surface area contributed by atoms with Crippen LogP contribution < -0.4 is 10.6 Å². The monoisotopic (exact) mass is 310 g/mol. The third kappa shape index (κ3) is 2.49. The number of piperazine rings is 1. The Kier molecular flexibility index (Phi) is 3.34. The van der Waals surface area contributed by atoms with Crippen molar-refractivity contribution in [3.8, 4) is 5.82 Å². The first-order chi connectivity index (χ1) is 11.2. The largest absolute Gasteiger partial charge is 0.353 e. The summed E-state index contributed by atoms with van der Waals surface area (Å²) >= 11 is 0. The zero-order valence-corrected chi connectivity index (χ0v) is 12.9. The van der Waals surface area contributed by atoms with Crippen LogP contribution in [0, 0.1) is 0 Å². The Morgan fingerprint density at radius 2 is 1.65 bits per heavy atom. The molecule has 7 heteroatoms. The van der Waals surface area contributed by atoms with E-state index in [2.05, 4.69) is 32.0 Å². The van der Waals surface area contributed by atoms with Crippen molar-refractivity contribution >= 4 is 16.9 Å². The molecule has 0 unspecified atom stereocenters. The Morgan fingerprint density at radius 3 is 2.39 bits per heavy atom. The molecule has 1 fully saturated rings. The number of imidazole rings is 1. The molecule has 3 aromatic rings. The highest BCUT2D eigenvalue weighted by Gasteiger charge is 2.16. The van der Waals surface area contributed by atoms with Crippen molar-refractivity contribution in [2.75, 3.05) is 38.1 Å². The van der Waals surface area contributed by atoms with E-state index in [0.29, 0.717) is 5.82 Å². The van der Waals surface area contributed by atoms with Gasteiger partial charge in [0.2, 0.25) is 0 Å². The van der Waals surface area contributed by atoms with Crippen LogP contribution in [0.5, 0.6) is 0 Å². The maximum absolute atomic E-state index is 12.2. The highest BCUT2D eigenvalue weighted by molar-refractivity contribution is 5.76. The Hall–Kier alpha value is -2.67. The van der Waals surface area contributed by atoms with Gasteiger partial charge in [0.1, 0.15) is 0 Å². The fourth-order valence-corrected chi connectivity index (χ4v) is 2.92. The molecule has 0 spiro atoms. The second kappa shape index (κ2) is 5.51. The lowest BCUT2D eigenvalue weighted by molar-refractivity contribution is 0.312. The fraction of sp³-hybridized carbons (Fsp3) is 0.312. The second-order valence-electron chi connectivity index (χ2n) is 5.82. The van der Waals surface area contributed by atoms with Gasteiger partial charge in [0, 0.05) is 26.2 Å². The summed E-state index contributed by atoms with van der Waals surface area (Å²) in [6.45, 7) is 3.92. The number of aromatic amines is 1. The van der Waals surface area contributed by atoms with Crippen molar-refractivity contribution in [1.29, 1.82) is 0 Å². The number of likely N-dealkylation sites (N-methyl/N-ethyl adjacent to an activating group) is 1. The Balaban J connectivity index is 1.68. The summed E-state index contributed by atoms with van der Waals surface area (Å²) in [5.74, 6) is 1.39. The van der Waals surface area contributed by atoms with Crippen molar-refractivity contribution in [3.63, 3.8) is 0 Å². The summed E-state index contributed by atoms with van der Waals surface area (Å²) in [5, 5.41) is 8.58. The van der Waals surface area contributed by atoms with Crippen molar-refractivity contribution in [1.82, 2.24) is 24.6 Å². The van der Waals surface area contributed by atoms with Crippen molar-refractivity contribution in [2.45, 2.75) is 0 Å². The van der Waals surface area contributed by atoms with E-state index in [-0.39, 0.29) is 5.69 Å². The predicted molar refractivity (Wildman–Crippen MR) is 89.2 cm³/mol. The minimum atomic E-state index is -0.201. The molecule has 0 saturated carbocycles. The maximum Gasteiger partial charge on any atom is 0.332 e. The number of H-pyrrole nitrogens is 1. The van der Waals surface area contributed by atoms with Crippen LogP contribution in [0.1, 0.15) is 0 Å². The predicted octanol–water partition coefficient (Wildman–Crippen LogP) is 0.861. The average molecular weight is 310 g/mol. The van der Waals surface area contributed by atoms with E-state index in [1.54, 1.807) is 4.57 Å². The van der Waals surface area contributed by atoms with Gasteiger partial charge in [-0.25, -0.2) is 9.36 Å². The lowest BCUT2D eigenvalue weighted by atomic mass is 10.3. The number of para-hydroxylation sites is 2. The molecule has 1 saturated heterocycles. The molecule has 1 aromatic carbocycles. The summed E-state index contributed by atoms with van der Waals surface area (Å²) in [6, 6.07) is 11.3. The first kappa shape index (κ1) is 14.0. The van der Waals surface area contributed by atoms with Crippen LogP contribution in [0.2, 0.25) is 0 Å². The molecule has 118 valence electrons. The first-order valence-corrected chi connectivity index (χ1v) is 7.70. The highest BCUT2D eigenvalue weighted by Crippen LogP contribution is 2.16. The molecule has 3 heterocycles. The summed E-state index contributed by atoms with van der Waals surface area (Å²) in [7, 11) is 2.12. The van der Waals surface area contributed by atoms with Crippen molar-refractivity contribution < 1.29 is 0 Å². The molecular formula is C16H18N6O. The van der Waals surface area contributed by atoms with Gasteiger partial charge in [-0.2, -0.15) is 0 Å². The van der Waals surface area contributed by atoms with Crippen LogP contribution in [0.15, 0.2) is 41.2 Å². The van der Waals surface area contributed by atoms with Crippen molar-refractivity contribution in [3.05, 3.63) is 46.9 Å². The molecule has 1 aliphatic heterocycles. The SMILES string of the molecule is CN1CCN(c2ccc(-n3c(=O)[nH]c4ccccc43)nn2)CC1. The third-order valence-corrected chi connectivity index (χ3v) is 4.28. The fourth-order valence-electron chi connectivity index (χ4n) is 2.92. The Bertz CT molecular complexity index is 873. The van der Waals surface area contributed by atoms with Crippen LogP contribution in [0.4, 0.5) is 5.82 Å². The molecular weight excluding hydrogens is 292 g/mol. The standard InChI is InChI=1S/C16H18N6O/c1-20-8-10-21(11-9-20)14-6-7-15(19-18-14)22-13-5-3-2-4-12(13)17-16(22)23/h2-7H,8-11H2,1H3,(H,17,23). The average Bonchev–Trinajstić information content (AvgIpc) is 2.91.